The maximum Gasteiger partial charge on any atom is 0.410 e. The highest BCUT2D eigenvalue weighted by atomic mass is 79.9. The second-order valence-corrected chi connectivity index (χ2v) is 11.4. The average molecular weight is 525 g/mol. The van der Waals surface area contributed by atoms with Gasteiger partial charge < -0.3 is 15.0 Å². The number of hydrogen-bond donors (Lipinski definition) is 1. The lowest BCUT2D eigenvalue weighted by molar-refractivity contribution is 0.0220. The molecule has 1 fully saturated rings. The van der Waals surface area contributed by atoms with Gasteiger partial charge in [0.2, 0.25) is 0 Å². The van der Waals surface area contributed by atoms with Gasteiger partial charge in [0.05, 0.1) is 23.6 Å². The van der Waals surface area contributed by atoms with Crippen molar-refractivity contribution in [3.05, 3.63) is 58.6 Å². The van der Waals surface area contributed by atoms with Gasteiger partial charge in [-0.1, -0.05) is 33.6 Å². The Morgan fingerprint density at radius 2 is 1.75 bits per heavy atom. The normalized spacial score (nSPS) is 19.1. The van der Waals surface area contributed by atoms with Crippen molar-refractivity contribution in [1.29, 1.82) is 0 Å². The molecule has 0 aliphatic carbocycles. The third kappa shape index (κ3) is 6.70. The molecule has 0 saturated carbocycles. The SMILES string of the molecule is Cc1ccc(S(=O)(=O)O[C@@H]2C[C@@H](CNc3ccc(Br)cc3)N(C(=O)OC(C)(C)C)C2)cc1. The molecular formula is C23H29BrN2O5S. The lowest BCUT2D eigenvalue weighted by Crippen LogP contribution is -2.42. The number of nitrogens with one attached hydrogen (secondary N) is 1. The number of anilines is 1. The molecule has 1 aliphatic rings. The van der Waals surface area contributed by atoms with Gasteiger partial charge in [-0.2, -0.15) is 8.42 Å². The lowest BCUT2D eigenvalue weighted by Gasteiger charge is -2.28. The number of likely N-dealkylation sites (tertiary alicyclic amines) is 1. The Labute approximate surface area is 198 Å². The highest BCUT2D eigenvalue weighted by molar-refractivity contribution is 9.10. The highest BCUT2D eigenvalue weighted by Gasteiger charge is 2.40. The summed E-state index contributed by atoms with van der Waals surface area (Å²) >= 11 is 3.41. The molecule has 9 heteroatoms. The van der Waals surface area contributed by atoms with Gasteiger partial charge in [0.25, 0.3) is 10.1 Å². The molecule has 2 atom stereocenters. The molecule has 0 unspecified atom stereocenters. The smallest absolute Gasteiger partial charge is 0.410 e. The van der Waals surface area contributed by atoms with Crippen molar-refractivity contribution >= 4 is 37.8 Å². The third-order valence-corrected chi connectivity index (χ3v) is 6.87. The first-order chi connectivity index (χ1) is 14.9. The zero-order valence-corrected chi connectivity index (χ0v) is 21.1. The third-order valence-electron chi connectivity index (χ3n) is 4.96. The van der Waals surface area contributed by atoms with Gasteiger partial charge in [-0.3, -0.25) is 4.18 Å². The number of nitrogens with zero attached hydrogens (tertiary/aromatic N) is 1. The summed E-state index contributed by atoms with van der Waals surface area (Å²) in [4.78, 5) is 14.5. The second kappa shape index (κ2) is 9.80. The van der Waals surface area contributed by atoms with Gasteiger partial charge in [-0.25, -0.2) is 4.79 Å². The van der Waals surface area contributed by atoms with Crippen LogP contribution in [0.4, 0.5) is 10.5 Å². The summed E-state index contributed by atoms with van der Waals surface area (Å²) in [5.41, 5.74) is 1.20. The summed E-state index contributed by atoms with van der Waals surface area (Å²) in [7, 11) is -3.94. The summed E-state index contributed by atoms with van der Waals surface area (Å²) < 4.78 is 37.5. The van der Waals surface area contributed by atoms with Crippen molar-refractivity contribution in [2.24, 2.45) is 0 Å². The molecule has 1 amide bonds. The van der Waals surface area contributed by atoms with E-state index in [0.29, 0.717) is 13.0 Å². The molecule has 2 aromatic rings. The van der Waals surface area contributed by atoms with E-state index in [1.54, 1.807) is 37.8 Å². The number of hydrogen-bond acceptors (Lipinski definition) is 6. The van der Waals surface area contributed by atoms with Crippen molar-refractivity contribution in [2.45, 2.75) is 56.8 Å². The Kier molecular flexibility index (Phi) is 7.52. The quantitative estimate of drug-likeness (QED) is 0.538. The standard InChI is InChI=1S/C23H29BrN2O5S/c1-16-5-11-21(12-6-16)32(28,29)31-20-13-19(14-25-18-9-7-17(24)8-10-18)26(15-20)22(27)30-23(2,3)4/h5-12,19-20,25H,13-15H2,1-4H3/t19-,20+/m0/s1. The van der Waals surface area contributed by atoms with Gasteiger partial charge in [0.15, 0.2) is 0 Å². The molecule has 0 bridgehead atoms. The minimum atomic E-state index is -3.94. The number of amides is 1. The van der Waals surface area contributed by atoms with Crippen LogP contribution in [0.2, 0.25) is 0 Å². The average Bonchev–Trinajstić information content (AvgIpc) is 3.09. The number of benzene rings is 2. The van der Waals surface area contributed by atoms with Gasteiger partial charge in [0.1, 0.15) is 5.60 Å². The summed E-state index contributed by atoms with van der Waals surface area (Å²) in [5.74, 6) is 0. The molecule has 1 N–H and O–H groups in total. The molecule has 1 aliphatic heterocycles. The zero-order chi connectivity index (χ0) is 23.5. The lowest BCUT2D eigenvalue weighted by atomic mass is 10.2. The maximum atomic E-state index is 12.8. The Morgan fingerprint density at radius 3 is 2.34 bits per heavy atom. The van der Waals surface area contributed by atoms with E-state index < -0.39 is 27.9 Å². The largest absolute Gasteiger partial charge is 0.444 e. The Morgan fingerprint density at radius 1 is 1.12 bits per heavy atom. The molecule has 7 nitrogen and oxygen atoms in total. The predicted octanol–water partition coefficient (Wildman–Crippen LogP) is 4.95. The van der Waals surface area contributed by atoms with Crippen LogP contribution in [0.25, 0.3) is 0 Å². The van der Waals surface area contributed by atoms with Crippen molar-refractivity contribution in [2.75, 3.05) is 18.4 Å². The number of rotatable bonds is 6. The van der Waals surface area contributed by atoms with E-state index in [2.05, 4.69) is 21.2 Å². The molecule has 0 radical (unpaired) electrons. The topological polar surface area (TPSA) is 84.9 Å². The minimum Gasteiger partial charge on any atom is -0.444 e. The summed E-state index contributed by atoms with van der Waals surface area (Å²) in [5, 5.41) is 3.31. The van der Waals surface area contributed by atoms with Crippen LogP contribution in [-0.2, 0) is 19.0 Å². The number of carbonyl (C=O) groups excluding carboxylic acids is 1. The number of ether oxygens (including phenoxy) is 1. The first-order valence-electron chi connectivity index (χ1n) is 10.4. The van der Waals surface area contributed by atoms with Crippen molar-refractivity contribution < 1.29 is 22.1 Å². The van der Waals surface area contributed by atoms with Gasteiger partial charge in [0, 0.05) is 16.7 Å². The van der Waals surface area contributed by atoms with Gasteiger partial charge >= 0.3 is 6.09 Å². The number of halogens is 1. The first-order valence-corrected chi connectivity index (χ1v) is 12.6. The molecule has 0 spiro atoms. The fourth-order valence-electron chi connectivity index (χ4n) is 3.42. The van der Waals surface area contributed by atoms with Crippen LogP contribution in [0, 0.1) is 6.92 Å². The summed E-state index contributed by atoms with van der Waals surface area (Å²) in [6, 6.07) is 13.9. The molecule has 32 heavy (non-hydrogen) atoms. The molecule has 174 valence electrons. The number of aryl methyl sites for hydroxylation is 1. The Hall–Kier alpha value is -2.10. The molecule has 2 aromatic carbocycles. The second-order valence-electron chi connectivity index (χ2n) is 8.90. The van der Waals surface area contributed by atoms with E-state index in [1.807, 2.05) is 31.2 Å². The van der Waals surface area contributed by atoms with Crippen molar-refractivity contribution in [3.8, 4) is 0 Å². The van der Waals surface area contributed by atoms with E-state index in [-0.39, 0.29) is 17.5 Å². The fraction of sp³-hybridized carbons (Fsp3) is 0.435. The molecule has 0 aromatic heterocycles. The van der Waals surface area contributed by atoms with Crippen LogP contribution in [0.3, 0.4) is 0 Å². The molecular weight excluding hydrogens is 496 g/mol. The van der Waals surface area contributed by atoms with Crippen molar-refractivity contribution in [3.63, 3.8) is 0 Å². The van der Waals surface area contributed by atoms with E-state index in [9.17, 15) is 13.2 Å². The minimum absolute atomic E-state index is 0.100. The molecule has 1 heterocycles. The van der Waals surface area contributed by atoms with Crippen LogP contribution in [0.15, 0.2) is 57.9 Å². The molecule has 1 saturated heterocycles. The van der Waals surface area contributed by atoms with Gasteiger partial charge in [-0.15, -0.1) is 0 Å². The van der Waals surface area contributed by atoms with Crippen LogP contribution in [0.1, 0.15) is 32.8 Å². The maximum absolute atomic E-state index is 12.8. The van der Waals surface area contributed by atoms with Gasteiger partial charge in [-0.05, 0) is 70.5 Å². The molecule has 3 rings (SSSR count). The van der Waals surface area contributed by atoms with Crippen molar-refractivity contribution in [1.82, 2.24) is 4.90 Å². The van der Waals surface area contributed by atoms with Crippen LogP contribution < -0.4 is 5.32 Å². The van der Waals surface area contributed by atoms with Crippen LogP contribution in [-0.4, -0.2) is 50.2 Å². The highest BCUT2D eigenvalue weighted by Crippen LogP contribution is 2.27. The first kappa shape index (κ1) is 24.5. The van der Waals surface area contributed by atoms with E-state index in [1.165, 1.54) is 12.1 Å². The Bertz CT molecular complexity index is 1030. The van der Waals surface area contributed by atoms with E-state index >= 15 is 0 Å². The monoisotopic (exact) mass is 524 g/mol. The van der Waals surface area contributed by atoms with Crippen LogP contribution in [0.5, 0.6) is 0 Å². The predicted molar refractivity (Wildman–Crippen MR) is 127 cm³/mol. The van der Waals surface area contributed by atoms with Crippen LogP contribution >= 0.6 is 15.9 Å². The van der Waals surface area contributed by atoms with E-state index in [4.69, 9.17) is 8.92 Å². The van der Waals surface area contributed by atoms with E-state index in [0.717, 1.165) is 15.7 Å². The summed E-state index contributed by atoms with van der Waals surface area (Å²) in [6.45, 7) is 7.84. The zero-order valence-electron chi connectivity index (χ0n) is 18.7. The fourth-order valence-corrected chi connectivity index (χ4v) is 4.77. The number of carbonyl (C=O) groups is 1. The Balaban J connectivity index is 1.73. The summed E-state index contributed by atoms with van der Waals surface area (Å²) in [6.07, 6.45) is -0.780.